The fourth-order valence-electron chi connectivity index (χ4n) is 3.70. The molecule has 24 heavy (non-hydrogen) atoms. The normalized spacial score (nSPS) is 26.0. The highest BCUT2D eigenvalue weighted by molar-refractivity contribution is 5.79. The van der Waals surface area contributed by atoms with Crippen molar-refractivity contribution in [2.75, 3.05) is 52.9 Å². The number of rotatable bonds is 4. The molecule has 1 atom stereocenters. The van der Waals surface area contributed by atoms with Gasteiger partial charge in [-0.3, -0.25) is 9.69 Å². The summed E-state index contributed by atoms with van der Waals surface area (Å²) in [4.78, 5) is 19.1. The molecule has 1 N–H and O–H groups in total. The first-order chi connectivity index (χ1) is 11.5. The van der Waals surface area contributed by atoms with Crippen molar-refractivity contribution in [3.05, 3.63) is 35.4 Å². The van der Waals surface area contributed by atoms with Gasteiger partial charge in [0, 0.05) is 39.3 Å². The summed E-state index contributed by atoms with van der Waals surface area (Å²) in [5.41, 5.74) is 1.48. The van der Waals surface area contributed by atoms with Crippen LogP contribution in [0.4, 0.5) is 0 Å². The molecule has 0 radical (unpaired) electrons. The molecular weight excluding hydrogens is 302 g/mol. The lowest BCUT2D eigenvalue weighted by molar-refractivity contribution is -0.130. The molecule has 2 aliphatic heterocycles. The standard InChI is InChI=1S/C19H29N3O2/c1-16-5-3-4-6-17(16)13-18(23)22-8-7-19(24,15-22)14-21-11-9-20(2)10-12-21/h3-6,24H,7-15H2,1-2H3/t19-/m1/s1. The first kappa shape index (κ1) is 17.4. The van der Waals surface area contributed by atoms with E-state index in [1.54, 1.807) is 0 Å². The number of likely N-dealkylation sites (N-methyl/N-ethyl adjacent to an activating group) is 1. The van der Waals surface area contributed by atoms with Gasteiger partial charge in [0.15, 0.2) is 0 Å². The zero-order chi connectivity index (χ0) is 17.2. The van der Waals surface area contributed by atoms with Gasteiger partial charge in [-0.25, -0.2) is 0 Å². The van der Waals surface area contributed by atoms with Crippen LogP contribution in [-0.2, 0) is 11.2 Å². The van der Waals surface area contributed by atoms with Crippen molar-refractivity contribution in [1.82, 2.24) is 14.7 Å². The summed E-state index contributed by atoms with van der Waals surface area (Å²) in [5.74, 6) is 0.124. The predicted molar refractivity (Wildman–Crippen MR) is 95.0 cm³/mol. The minimum atomic E-state index is -0.753. The van der Waals surface area contributed by atoms with Crippen molar-refractivity contribution in [3.8, 4) is 0 Å². The second-order valence-corrected chi connectivity index (χ2v) is 7.47. The number of carbonyl (C=O) groups excluding carboxylic acids is 1. The number of aryl methyl sites for hydroxylation is 1. The van der Waals surface area contributed by atoms with Gasteiger partial charge in [-0.15, -0.1) is 0 Å². The number of hydrogen-bond donors (Lipinski definition) is 1. The molecule has 3 rings (SSSR count). The average molecular weight is 331 g/mol. The van der Waals surface area contributed by atoms with Crippen molar-refractivity contribution in [2.45, 2.75) is 25.4 Å². The number of carbonyl (C=O) groups is 1. The molecule has 1 aromatic carbocycles. The summed E-state index contributed by atoms with van der Waals surface area (Å²) in [5, 5.41) is 10.9. The van der Waals surface area contributed by atoms with E-state index in [9.17, 15) is 9.90 Å². The van der Waals surface area contributed by atoms with E-state index in [-0.39, 0.29) is 5.91 Å². The lowest BCUT2D eigenvalue weighted by Gasteiger charge is -2.36. The molecule has 132 valence electrons. The second-order valence-electron chi connectivity index (χ2n) is 7.47. The molecule has 0 aliphatic carbocycles. The number of aliphatic hydroxyl groups is 1. The highest BCUT2D eigenvalue weighted by Crippen LogP contribution is 2.24. The van der Waals surface area contributed by atoms with Crippen molar-refractivity contribution < 1.29 is 9.90 Å². The van der Waals surface area contributed by atoms with E-state index >= 15 is 0 Å². The smallest absolute Gasteiger partial charge is 0.227 e. The highest BCUT2D eigenvalue weighted by Gasteiger charge is 2.39. The minimum absolute atomic E-state index is 0.124. The second kappa shape index (κ2) is 7.21. The van der Waals surface area contributed by atoms with Crippen molar-refractivity contribution in [1.29, 1.82) is 0 Å². The van der Waals surface area contributed by atoms with E-state index < -0.39 is 5.60 Å². The maximum absolute atomic E-state index is 12.6. The molecule has 2 heterocycles. The highest BCUT2D eigenvalue weighted by atomic mass is 16.3. The van der Waals surface area contributed by atoms with Crippen LogP contribution in [0.1, 0.15) is 17.5 Å². The first-order valence-electron chi connectivity index (χ1n) is 8.91. The molecule has 2 aliphatic rings. The van der Waals surface area contributed by atoms with Gasteiger partial charge in [-0.2, -0.15) is 0 Å². The molecule has 5 nitrogen and oxygen atoms in total. The summed E-state index contributed by atoms with van der Waals surface area (Å²) in [7, 11) is 2.13. The van der Waals surface area contributed by atoms with Crippen LogP contribution < -0.4 is 0 Å². The van der Waals surface area contributed by atoms with Gasteiger partial charge in [0.1, 0.15) is 0 Å². The topological polar surface area (TPSA) is 47.0 Å². The Morgan fingerprint density at radius 1 is 1.17 bits per heavy atom. The van der Waals surface area contributed by atoms with Gasteiger partial charge < -0.3 is 14.9 Å². The largest absolute Gasteiger partial charge is 0.387 e. The van der Waals surface area contributed by atoms with E-state index in [0.717, 1.165) is 37.3 Å². The molecule has 0 spiro atoms. The lowest BCUT2D eigenvalue weighted by atomic mass is 10.0. The first-order valence-corrected chi connectivity index (χ1v) is 8.91. The maximum atomic E-state index is 12.6. The average Bonchev–Trinajstić information content (AvgIpc) is 2.94. The van der Waals surface area contributed by atoms with Crippen LogP contribution in [0.25, 0.3) is 0 Å². The maximum Gasteiger partial charge on any atom is 0.227 e. The third kappa shape index (κ3) is 4.15. The van der Waals surface area contributed by atoms with E-state index in [4.69, 9.17) is 0 Å². The molecule has 1 aromatic rings. The molecule has 1 amide bonds. The molecular formula is C19H29N3O2. The predicted octanol–water partition coefficient (Wildman–Crippen LogP) is 0.748. The Bertz CT molecular complexity index is 584. The van der Waals surface area contributed by atoms with E-state index in [2.05, 4.69) is 16.8 Å². The Labute approximate surface area is 144 Å². The minimum Gasteiger partial charge on any atom is -0.387 e. The van der Waals surface area contributed by atoms with Gasteiger partial charge >= 0.3 is 0 Å². The third-order valence-corrected chi connectivity index (χ3v) is 5.40. The molecule has 0 saturated carbocycles. The van der Waals surface area contributed by atoms with Crippen molar-refractivity contribution in [2.24, 2.45) is 0 Å². The summed E-state index contributed by atoms with van der Waals surface area (Å²) in [6.07, 6.45) is 1.11. The Morgan fingerprint density at radius 3 is 2.58 bits per heavy atom. The monoisotopic (exact) mass is 331 g/mol. The molecule has 0 bridgehead atoms. The van der Waals surface area contributed by atoms with Crippen LogP contribution in [0.2, 0.25) is 0 Å². The number of β-amino-alcohol motifs (C(OH)–C–C–N with tert-alkyl or cyclic N) is 1. The Morgan fingerprint density at radius 2 is 1.88 bits per heavy atom. The van der Waals surface area contributed by atoms with Crippen LogP contribution in [0.3, 0.4) is 0 Å². The number of piperazine rings is 1. The Hall–Kier alpha value is -1.43. The van der Waals surface area contributed by atoms with E-state index in [1.165, 1.54) is 0 Å². The Kier molecular flexibility index (Phi) is 5.23. The zero-order valence-corrected chi connectivity index (χ0v) is 14.9. The summed E-state index contributed by atoms with van der Waals surface area (Å²) in [6, 6.07) is 8.02. The molecule has 5 heteroatoms. The molecule has 2 saturated heterocycles. The van der Waals surface area contributed by atoms with Crippen LogP contribution in [0.5, 0.6) is 0 Å². The number of likely N-dealkylation sites (tertiary alicyclic amines) is 1. The number of amides is 1. The van der Waals surface area contributed by atoms with E-state index in [0.29, 0.717) is 32.5 Å². The van der Waals surface area contributed by atoms with Crippen molar-refractivity contribution >= 4 is 5.91 Å². The fourth-order valence-corrected chi connectivity index (χ4v) is 3.70. The van der Waals surface area contributed by atoms with Gasteiger partial charge in [0.25, 0.3) is 0 Å². The van der Waals surface area contributed by atoms with Crippen LogP contribution >= 0.6 is 0 Å². The molecule has 0 unspecified atom stereocenters. The number of benzene rings is 1. The van der Waals surface area contributed by atoms with E-state index in [1.807, 2.05) is 36.1 Å². The van der Waals surface area contributed by atoms with Crippen LogP contribution in [0, 0.1) is 6.92 Å². The van der Waals surface area contributed by atoms with Crippen molar-refractivity contribution in [3.63, 3.8) is 0 Å². The molecule has 2 fully saturated rings. The quantitative estimate of drug-likeness (QED) is 0.884. The summed E-state index contributed by atoms with van der Waals surface area (Å²) >= 11 is 0. The van der Waals surface area contributed by atoms with Gasteiger partial charge in [0.05, 0.1) is 18.6 Å². The van der Waals surface area contributed by atoms with Crippen LogP contribution in [0.15, 0.2) is 24.3 Å². The zero-order valence-electron chi connectivity index (χ0n) is 14.9. The summed E-state index contributed by atoms with van der Waals surface area (Å²) in [6.45, 7) is 7.92. The fraction of sp³-hybridized carbons (Fsp3) is 0.632. The number of nitrogens with zero attached hydrogens (tertiary/aromatic N) is 3. The SMILES string of the molecule is Cc1ccccc1CC(=O)N1CC[C@@](O)(CN2CCN(C)CC2)C1. The number of hydrogen-bond acceptors (Lipinski definition) is 4. The van der Waals surface area contributed by atoms with Gasteiger partial charge in [0.2, 0.25) is 5.91 Å². The lowest BCUT2D eigenvalue weighted by Crippen LogP contribution is -2.52. The van der Waals surface area contributed by atoms with Gasteiger partial charge in [-0.1, -0.05) is 24.3 Å². The third-order valence-electron chi connectivity index (χ3n) is 5.40. The Balaban J connectivity index is 1.54. The van der Waals surface area contributed by atoms with Gasteiger partial charge in [-0.05, 0) is 31.5 Å². The summed E-state index contributed by atoms with van der Waals surface area (Å²) < 4.78 is 0. The van der Waals surface area contributed by atoms with Crippen LogP contribution in [-0.4, -0.2) is 84.2 Å². The molecule has 0 aromatic heterocycles.